The minimum Gasteiger partial charge on any atom is -0.369 e. The summed E-state index contributed by atoms with van der Waals surface area (Å²) in [7, 11) is 0. The van der Waals surface area contributed by atoms with Crippen molar-refractivity contribution >= 4 is 17.3 Å². The lowest BCUT2D eigenvalue weighted by Gasteiger charge is -2.36. The van der Waals surface area contributed by atoms with Crippen LogP contribution in [0.25, 0.3) is 0 Å². The maximum absolute atomic E-state index is 13.0. The molecule has 6 nitrogen and oxygen atoms in total. The molecule has 2 heterocycles. The normalized spacial score (nSPS) is 24.7. The summed E-state index contributed by atoms with van der Waals surface area (Å²) in [5.74, 6) is 0.851. The van der Waals surface area contributed by atoms with Crippen LogP contribution in [0, 0.1) is 11.8 Å². The van der Waals surface area contributed by atoms with Crippen LogP contribution in [-0.2, 0) is 4.79 Å². The quantitative estimate of drug-likeness (QED) is 0.690. The zero-order valence-corrected chi connectivity index (χ0v) is 17.4. The fourth-order valence-electron chi connectivity index (χ4n) is 4.59. The molecule has 2 aromatic carbocycles. The van der Waals surface area contributed by atoms with Crippen LogP contribution in [0.2, 0.25) is 0 Å². The highest BCUT2D eigenvalue weighted by Crippen LogP contribution is 2.31. The van der Waals surface area contributed by atoms with Crippen molar-refractivity contribution in [2.24, 2.45) is 11.8 Å². The van der Waals surface area contributed by atoms with Gasteiger partial charge in [0.15, 0.2) is 0 Å². The monoisotopic (exact) mass is 405 g/mol. The Morgan fingerprint density at radius 1 is 1.00 bits per heavy atom. The number of hydrogen-bond acceptors (Lipinski definition) is 5. The molecule has 1 saturated carbocycles. The van der Waals surface area contributed by atoms with Gasteiger partial charge in [-0.05, 0) is 42.5 Å². The summed E-state index contributed by atoms with van der Waals surface area (Å²) in [4.78, 5) is 18.1. The molecule has 0 aromatic heterocycles. The number of amides is 1. The van der Waals surface area contributed by atoms with Gasteiger partial charge in [0.1, 0.15) is 0 Å². The van der Waals surface area contributed by atoms with Crippen molar-refractivity contribution in [3.63, 3.8) is 0 Å². The van der Waals surface area contributed by atoms with Gasteiger partial charge in [0.25, 0.3) is 0 Å². The number of anilines is 2. The zero-order chi connectivity index (χ0) is 20.3. The standard InChI is InChI=1S/C24H31N5O/c30-24(22-16-25-27-23(22)19-5-2-1-3-6-19)26-20-7-4-8-21(15-20)29-13-11-28(12-14-29)17-18-9-10-18/h1-8,15,18,22-23,25,27H,9-14,16-17H2,(H,26,30). The van der Waals surface area contributed by atoms with Crippen LogP contribution in [0.3, 0.4) is 0 Å². The van der Waals surface area contributed by atoms with Gasteiger partial charge < -0.3 is 10.2 Å². The lowest BCUT2D eigenvalue weighted by atomic mass is 9.94. The van der Waals surface area contributed by atoms with Gasteiger partial charge in [0.05, 0.1) is 12.0 Å². The third kappa shape index (κ3) is 4.51. The molecule has 2 saturated heterocycles. The van der Waals surface area contributed by atoms with E-state index in [4.69, 9.17) is 0 Å². The summed E-state index contributed by atoms with van der Waals surface area (Å²) >= 11 is 0. The first kappa shape index (κ1) is 19.5. The number of nitrogens with one attached hydrogen (secondary N) is 3. The van der Waals surface area contributed by atoms with E-state index >= 15 is 0 Å². The largest absolute Gasteiger partial charge is 0.369 e. The Morgan fingerprint density at radius 3 is 2.57 bits per heavy atom. The molecule has 2 atom stereocenters. The van der Waals surface area contributed by atoms with Crippen LogP contribution in [0.15, 0.2) is 54.6 Å². The van der Waals surface area contributed by atoms with Crippen LogP contribution >= 0.6 is 0 Å². The number of piperazine rings is 1. The molecule has 3 N–H and O–H groups in total. The third-order valence-electron chi connectivity index (χ3n) is 6.54. The average Bonchev–Trinajstić information content (AvgIpc) is 3.46. The van der Waals surface area contributed by atoms with E-state index in [9.17, 15) is 4.79 Å². The van der Waals surface area contributed by atoms with Gasteiger partial charge in [-0.1, -0.05) is 36.4 Å². The first-order chi connectivity index (χ1) is 14.8. The second-order valence-corrected chi connectivity index (χ2v) is 8.79. The fourth-order valence-corrected chi connectivity index (χ4v) is 4.59. The Labute approximate surface area is 178 Å². The highest BCUT2D eigenvalue weighted by molar-refractivity contribution is 5.94. The molecule has 2 aliphatic heterocycles. The van der Waals surface area contributed by atoms with Gasteiger partial charge in [0.2, 0.25) is 5.91 Å². The average molecular weight is 406 g/mol. The Balaban J connectivity index is 1.21. The minimum absolute atomic E-state index is 0.0195. The van der Waals surface area contributed by atoms with E-state index in [1.165, 1.54) is 25.1 Å². The smallest absolute Gasteiger partial charge is 0.230 e. The third-order valence-corrected chi connectivity index (χ3v) is 6.54. The van der Waals surface area contributed by atoms with Crippen molar-refractivity contribution in [1.82, 2.24) is 15.8 Å². The van der Waals surface area contributed by atoms with Crippen LogP contribution in [0.4, 0.5) is 11.4 Å². The molecule has 1 aliphatic carbocycles. The lowest BCUT2D eigenvalue weighted by molar-refractivity contribution is -0.119. The first-order valence-electron chi connectivity index (χ1n) is 11.2. The molecule has 30 heavy (non-hydrogen) atoms. The van der Waals surface area contributed by atoms with Crippen molar-refractivity contribution in [1.29, 1.82) is 0 Å². The summed E-state index contributed by atoms with van der Waals surface area (Å²) in [5.41, 5.74) is 9.59. The highest BCUT2D eigenvalue weighted by atomic mass is 16.2. The minimum atomic E-state index is -0.151. The second kappa shape index (κ2) is 8.76. The molecule has 0 radical (unpaired) electrons. The SMILES string of the molecule is O=C(Nc1cccc(N2CCN(CC3CC3)CC2)c1)C1CNNC1c1ccccc1. The summed E-state index contributed by atoms with van der Waals surface area (Å²) in [5, 5.41) is 3.15. The predicted molar refractivity (Wildman–Crippen MR) is 120 cm³/mol. The molecule has 2 aromatic rings. The number of rotatable bonds is 6. The Kier molecular flexibility index (Phi) is 5.71. The second-order valence-electron chi connectivity index (χ2n) is 8.79. The van der Waals surface area contributed by atoms with Gasteiger partial charge in [-0.2, -0.15) is 0 Å². The number of nitrogens with zero attached hydrogens (tertiary/aromatic N) is 2. The predicted octanol–water partition coefficient (Wildman–Crippen LogP) is 2.62. The van der Waals surface area contributed by atoms with Gasteiger partial charge in [-0.25, -0.2) is 5.43 Å². The Bertz CT molecular complexity index is 861. The molecule has 5 rings (SSSR count). The molecule has 3 fully saturated rings. The summed E-state index contributed by atoms with van der Waals surface area (Å²) < 4.78 is 0. The molecular formula is C24H31N5O. The van der Waals surface area contributed by atoms with Crippen LogP contribution < -0.4 is 21.1 Å². The van der Waals surface area contributed by atoms with E-state index in [1.807, 2.05) is 30.3 Å². The van der Waals surface area contributed by atoms with Crippen LogP contribution in [0.1, 0.15) is 24.4 Å². The van der Waals surface area contributed by atoms with Crippen molar-refractivity contribution in [2.45, 2.75) is 18.9 Å². The maximum Gasteiger partial charge on any atom is 0.230 e. The molecule has 1 amide bonds. The van der Waals surface area contributed by atoms with Gasteiger partial charge in [-0.3, -0.25) is 15.1 Å². The number of hydrazine groups is 1. The Morgan fingerprint density at radius 2 is 1.80 bits per heavy atom. The van der Waals surface area contributed by atoms with Crippen LogP contribution in [-0.4, -0.2) is 50.1 Å². The maximum atomic E-state index is 13.0. The first-order valence-corrected chi connectivity index (χ1v) is 11.2. The molecule has 6 heteroatoms. The van der Waals surface area contributed by atoms with Gasteiger partial charge in [-0.15, -0.1) is 0 Å². The van der Waals surface area contributed by atoms with E-state index < -0.39 is 0 Å². The molecule has 0 bridgehead atoms. The van der Waals surface area contributed by atoms with E-state index in [2.05, 4.69) is 50.2 Å². The van der Waals surface area contributed by atoms with Crippen molar-refractivity contribution in [3.05, 3.63) is 60.2 Å². The number of carbonyl (C=O) groups excluding carboxylic acids is 1. The van der Waals surface area contributed by atoms with Crippen molar-refractivity contribution < 1.29 is 4.79 Å². The Hall–Kier alpha value is -2.41. The molecule has 3 aliphatic rings. The van der Waals surface area contributed by atoms with E-state index in [1.54, 1.807) is 0 Å². The topological polar surface area (TPSA) is 59.6 Å². The summed E-state index contributed by atoms with van der Waals surface area (Å²) in [6.07, 6.45) is 2.83. The lowest BCUT2D eigenvalue weighted by Crippen LogP contribution is -2.47. The summed E-state index contributed by atoms with van der Waals surface area (Å²) in [6, 6.07) is 18.4. The number of hydrogen-bond donors (Lipinski definition) is 3. The van der Waals surface area contributed by atoms with E-state index in [0.29, 0.717) is 6.54 Å². The van der Waals surface area contributed by atoms with Crippen LogP contribution in [0.5, 0.6) is 0 Å². The van der Waals surface area contributed by atoms with E-state index in [0.717, 1.165) is 43.3 Å². The van der Waals surface area contributed by atoms with Crippen molar-refractivity contribution in [3.8, 4) is 0 Å². The molecular weight excluding hydrogens is 374 g/mol. The highest BCUT2D eigenvalue weighted by Gasteiger charge is 2.34. The van der Waals surface area contributed by atoms with Gasteiger partial charge in [0, 0.05) is 50.6 Å². The molecule has 2 unspecified atom stereocenters. The number of benzene rings is 2. The fraction of sp³-hybridized carbons (Fsp3) is 0.458. The van der Waals surface area contributed by atoms with Gasteiger partial charge >= 0.3 is 0 Å². The zero-order valence-electron chi connectivity index (χ0n) is 17.4. The van der Waals surface area contributed by atoms with E-state index in [-0.39, 0.29) is 17.9 Å². The molecule has 158 valence electrons. The molecule has 0 spiro atoms. The number of carbonyl (C=O) groups is 1. The summed E-state index contributed by atoms with van der Waals surface area (Å²) in [6.45, 7) is 6.26. The van der Waals surface area contributed by atoms with Crippen molar-refractivity contribution in [2.75, 3.05) is 49.5 Å².